The Bertz CT molecular complexity index is 630. The second-order valence-electron chi connectivity index (χ2n) is 4.72. The third-order valence-electron chi connectivity index (χ3n) is 3.00. The zero-order valence-electron chi connectivity index (χ0n) is 12.1. The van der Waals surface area contributed by atoms with Crippen LogP contribution in [0.25, 0.3) is 0 Å². The van der Waals surface area contributed by atoms with E-state index in [0.717, 1.165) is 4.57 Å². The maximum Gasteiger partial charge on any atom is 0.354 e. The van der Waals surface area contributed by atoms with Gasteiger partial charge in [0.1, 0.15) is 31.4 Å². The molecule has 0 aromatic carbocycles. The molecule has 0 radical (unpaired) electrons. The average Bonchev–Trinajstić information content (AvgIpc) is 2.78. The molecule has 1 aliphatic heterocycles. The third kappa shape index (κ3) is 3.79. The van der Waals surface area contributed by atoms with Gasteiger partial charge in [0, 0.05) is 20.3 Å². The molecule has 2 heterocycles. The number of anilines is 1. The maximum absolute atomic E-state index is 11.8. The molecule has 1 saturated heterocycles. The summed E-state index contributed by atoms with van der Waals surface area (Å²) in [6, 6.07) is 0. The van der Waals surface area contributed by atoms with Crippen LogP contribution in [0, 0.1) is 0 Å². The average molecular weight is 312 g/mol. The van der Waals surface area contributed by atoms with E-state index >= 15 is 0 Å². The number of ether oxygens (including phenoxy) is 3. The van der Waals surface area contributed by atoms with E-state index in [2.05, 4.69) is 9.97 Å². The monoisotopic (exact) mass is 312 g/mol. The summed E-state index contributed by atoms with van der Waals surface area (Å²) >= 11 is 0. The summed E-state index contributed by atoms with van der Waals surface area (Å²) in [4.78, 5) is 41.1. The molecule has 1 aromatic rings. The number of carbonyl (C=O) groups is 2. The van der Waals surface area contributed by atoms with E-state index in [-0.39, 0.29) is 19.0 Å². The van der Waals surface area contributed by atoms with Crippen molar-refractivity contribution in [2.24, 2.45) is 0 Å². The lowest BCUT2D eigenvalue weighted by atomic mass is 10.2. The molecule has 0 spiro atoms. The highest BCUT2D eigenvalue weighted by Gasteiger charge is 2.39. The lowest BCUT2D eigenvalue weighted by Gasteiger charge is -2.17. The number of nitrogen functional groups attached to an aromatic ring is 1. The minimum Gasteiger partial charge on any atom is -0.463 e. The summed E-state index contributed by atoms with van der Waals surface area (Å²) in [5.74, 6) is -1.13. The Labute approximate surface area is 125 Å². The smallest absolute Gasteiger partial charge is 0.354 e. The van der Waals surface area contributed by atoms with E-state index in [9.17, 15) is 14.4 Å². The number of hydrogen-bond donors (Lipinski definition) is 1. The zero-order valence-corrected chi connectivity index (χ0v) is 12.1. The van der Waals surface area contributed by atoms with Crippen LogP contribution in [0.3, 0.4) is 0 Å². The number of nitrogens with two attached hydrogens (primary N) is 1. The predicted molar refractivity (Wildman–Crippen MR) is 71.4 cm³/mol. The summed E-state index contributed by atoms with van der Waals surface area (Å²) in [5, 5.41) is 0. The van der Waals surface area contributed by atoms with Crippen LogP contribution in [0.5, 0.6) is 0 Å². The molecule has 2 N–H and O–H groups in total. The fraction of sp³-hybridized carbons (Fsp3) is 0.583. The van der Waals surface area contributed by atoms with Gasteiger partial charge in [-0.15, -0.1) is 0 Å². The van der Waals surface area contributed by atoms with Crippen LogP contribution in [-0.2, 0) is 23.8 Å². The molecule has 120 valence electrons. The maximum atomic E-state index is 11.8. The molecule has 2 rings (SSSR count). The van der Waals surface area contributed by atoms with Crippen molar-refractivity contribution in [1.29, 1.82) is 0 Å². The van der Waals surface area contributed by atoms with E-state index in [4.69, 9.17) is 19.9 Å². The minimum absolute atomic E-state index is 0.0889. The van der Waals surface area contributed by atoms with Crippen molar-refractivity contribution < 1.29 is 23.8 Å². The van der Waals surface area contributed by atoms with Gasteiger partial charge in [0.2, 0.25) is 5.95 Å². The SMILES string of the molecule is CC(=O)OCC1OC(n2cnc(N)nc2=O)C[C@@H]1OC(C)=O. The molecule has 0 saturated carbocycles. The first-order valence-electron chi connectivity index (χ1n) is 6.53. The van der Waals surface area contributed by atoms with Gasteiger partial charge in [-0.2, -0.15) is 4.98 Å². The Morgan fingerprint density at radius 2 is 2.18 bits per heavy atom. The Balaban J connectivity index is 2.15. The lowest BCUT2D eigenvalue weighted by molar-refractivity contribution is -0.155. The van der Waals surface area contributed by atoms with E-state index in [1.165, 1.54) is 20.2 Å². The molecule has 3 atom stereocenters. The molecule has 0 amide bonds. The Morgan fingerprint density at radius 1 is 1.45 bits per heavy atom. The Hall–Kier alpha value is -2.49. The molecule has 22 heavy (non-hydrogen) atoms. The lowest BCUT2D eigenvalue weighted by Crippen LogP contribution is -2.31. The van der Waals surface area contributed by atoms with Crippen molar-refractivity contribution in [3.8, 4) is 0 Å². The Kier molecular flexibility index (Phi) is 4.71. The molecular weight excluding hydrogens is 296 g/mol. The second kappa shape index (κ2) is 6.52. The first-order chi connectivity index (χ1) is 10.4. The zero-order chi connectivity index (χ0) is 16.3. The van der Waals surface area contributed by atoms with E-state index < -0.39 is 36.1 Å². The molecule has 1 aromatic heterocycles. The summed E-state index contributed by atoms with van der Waals surface area (Å²) in [6.07, 6.45) is -0.654. The van der Waals surface area contributed by atoms with Crippen LogP contribution < -0.4 is 11.4 Å². The standard InChI is InChI=1S/C12H16N4O6/c1-6(17)20-4-9-8(21-7(2)18)3-10(22-9)16-5-14-11(13)15-12(16)19/h5,8-10H,3-4H2,1-2H3,(H2,13,15,19)/t8-,9?,10?/m0/s1. The van der Waals surface area contributed by atoms with Crippen molar-refractivity contribution in [1.82, 2.24) is 14.5 Å². The molecule has 10 nitrogen and oxygen atoms in total. The van der Waals surface area contributed by atoms with Crippen LogP contribution in [-0.4, -0.2) is 45.3 Å². The topological polar surface area (TPSA) is 136 Å². The number of aromatic nitrogens is 3. The fourth-order valence-corrected chi connectivity index (χ4v) is 2.11. The second-order valence-corrected chi connectivity index (χ2v) is 4.72. The minimum atomic E-state index is -0.738. The first-order valence-corrected chi connectivity index (χ1v) is 6.53. The molecule has 1 fully saturated rings. The van der Waals surface area contributed by atoms with Gasteiger partial charge in [0.05, 0.1) is 0 Å². The van der Waals surface area contributed by atoms with Crippen LogP contribution >= 0.6 is 0 Å². The van der Waals surface area contributed by atoms with E-state index in [0.29, 0.717) is 0 Å². The summed E-state index contributed by atoms with van der Waals surface area (Å²) in [7, 11) is 0. The fourth-order valence-electron chi connectivity index (χ4n) is 2.11. The van der Waals surface area contributed by atoms with Gasteiger partial charge in [0.15, 0.2) is 0 Å². The molecule has 1 aliphatic rings. The first kappa shape index (κ1) is 15.9. The van der Waals surface area contributed by atoms with Gasteiger partial charge < -0.3 is 19.9 Å². The van der Waals surface area contributed by atoms with Gasteiger partial charge in [-0.05, 0) is 0 Å². The van der Waals surface area contributed by atoms with Gasteiger partial charge in [-0.25, -0.2) is 9.78 Å². The van der Waals surface area contributed by atoms with Gasteiger partial charge in [-0.3, -0.25) is 14.2 Å². The van der Waals surface area contributed by atoms with Crippen molar-refractivity contribution >= 4 is 17.9 Å². The highest BCUT2D eigenvalue weighted by molar-refractivity contribution is 5.66. The van der Waals surface area contributed by atoms with Crippen molar-refractivity contribution in [2.75, 3.05) is 12.3 Å². The summed E-state index contributed by atoms with van der Waals surface area (Å²) < 4.78 is 16.8. The predicted octanol–water partition coefficient (Wildman–Crippen LogP) is -0.997. The van der Waals surface area contributed by atoms with Crippen molar-refractivity contribution in [3.63, 3.8) is 0 Å². The molecule has 10 heteroatoms. The van der Waals surface area contributed by atoms with Gasteiger partial charge >= 0.3 is 17.6 Å². The Morgan fingerprint density at radius 3 is 2.77 bits per heavy atom. The number of esters is 2. The molecule has 0 bridgehead atoms. The van der Waals surface area contributed by atoms with Crippen molar-refractivity contribution in [2.45, 2.75) is 38.7 Å². The largest absolute Gasteiger partial charge is 0.463 e. The highest BCUT2D eigenvalue weighted by Crippen LogP contribution is 2.30. The third-order valence-corrected chi connectivity index (χ3v) is 3.00. The molecular formula is C12H16N4O6. The van der Waals surface area contributed by atoms with Crippen LogP contribution in [0.15, 0.2) is 11.1 Å². The highest BCUT2D eigenvalue weighted by atomic mass is 16.6. The van der Waals surface area contributed by atoms with Crippen LogP contribution in [0.2, 0.25) is 0 Å². The normalized spacial score (nSPS) is 24.0. The van der Waals surface area contributed by atoms with Gasteiger partial charge in [0.25, 0.3) is 0 Å². The number of rotatable bonds is 4. The number of nitrogens with zero attached hydrogens (tertiary/aromatic N) is 3. The van der Waals surface area contributed by atoms with Crippen molar-refractivity contribution in [3.05, 3.63) is 16.8 Å². The summed E-state index contributed by atoms with van der Waals surface area (Å²) in [6.45, 7) is 2.43. The quantitative estimate of drug-likeness (QED) is 0.694. The van der Waals surface area contributed by atoms with E-state index in [1.807, 2.05) is 0 Å². The van der Waals surface area contributed by atoms with Gasteiger partial charge in [-0.1, -0.05) is 0 Å². The number of hydrogen-bond acceptors (Lipinski definition) is 9. The molecule has 0 aliphatic carbocycles. The van der Waals surface area contributed by atoms with Crippen LogP contribution in [0.1, 0.15) is 26.5 Å². The van der Waals surface area contributed by atoms with Crippen LogP contribution in [0.4, 0.5) is 5.95 Å². The summed E-state index contributed by atoms with van der Waals surface area (Å²) in [5.41, 5.74) is 4.69. The number of carbonyl (C=O) groups excluding carboxylic acids is 2. The molecule has 2 unspecified atom stereocenters. The van der Waals surface area contributed by atoms with E-state index in [1.54, 1.807) is 0 Å².